The molecule has 0 radical (unpaired) electrons. The molecule has 2 aromatic heterocycles. The van der Waals surface area contributed by atoms with Crippen molar-refractivity contribution in [1.29, 1.82) is 0 Å². The van der Waals surface area contributed by atoms with Crippen molar-refractivity contribution >= 4 is 5.91 Å². The van der Waals surface area contributed by atoms with Crippen molar-refractivity contribution in [2.24, 2.45) is 0 Å². The van der Waals surface area contributed by atoms with Crippen molar-refractivity contribution in [3.05, 3.63) is 90.0 Å². The van der Waals surface area contributed by atoms with E-state index in [4.69, 9.17) is 4.74 Å². The van der Waals surface area contributed by atoms with E-state index in [2.05, 4.69) is 27.6 Å². The monoisotopic (exact) mass is 429 g/mol. The lowest BCUT2D eigenvalue weighted by molar-refractivity contribution is 0.0932. The van der Waals surface area contributed by atoms with Crippen LogP contribution in [0.25, 0.3) is 11.1 Å². The van der Waals surface area contributed by atoms with Crippen molar-refractivity contribution in [3.8, 4) is 16.9 Å². The topological polar surface area (TPSA) is 74.0 Å². The molecule has 4 aromatic rings. The zero-order valence-corrected chi connectivity index (χ0v) is 18.5. The predicted octanol–water partition coefficient (Wildman–Crippen LogP) is 4.60. The Labute approximate surface area is 187 Å². The van der Waals surface area contributed by atoms with Crippen molar-refractivity contribution in [2.75, 3.05) is 0 Å². The molecule has 2 aromatic carbocycles. The van der Waals surface area contributed by atoms with E-state index in [1.165, 1.54) is 0 Å². The third kappa shape index (κ3) is 4.88. The number of rotatable bonds is 8. The van der Waals surface area contributed by atoms with Crippen LogP contribution in [-0.2, 0) is 13.3 Å². The molecule has 7 heteroatoms. The van der Waals surface area contributed by atoms with E-state index in [9.17, 15) is 4.79 Å². The van der Waals surface area contributed by atoms with Gasteiger partial charge in [0.05, 0.1) is 11.7 Å². The van der Waals surface area contributed by atoms with E-state index >= 15 is 0 Å². The molecular weight excluding hydrogens is 402 g/mol. The molecule has 164 valence electrons. The zero-order valence-electron chi connectivity index (χ0n) is 18.5. The van der Waals surface area contributed by atoms with E-state index in [1.54, 1.807) is 16.9 Å². The minimum atomic E-state index is -0.230. The number of carbonyl (C=O) groups excluding carboxylic acids is 1. The summed E-state index contributed by atoms with van der Waals surface area (Å²) in [6, 6.07) is 19.6. The molecule has 0 saturated carbocycles. The van der Waals surface area contributed by atoms with Crippen LogP contribution >= 0.6 is 0 Å². The molecule has 1 N–H and O–H groups in total. The molecule has 0 aliphatic carbocycles. The molecule has 1 atom stereocenters. The zero-order chi connectivity index (χ0) is 22.5. The molecule has 0 aliphatic rings. The standard InChI is InChI=1S/C25H27N5O2/c1-4-29-16-23(19(3)27-29)18(2)26-25(31)24-14-15-30(28-24)17-32-22-12-10-21(11-13-22)20-8-6-5-7-9-20/h5-16,18H,4,17H2,1-3H3,(H,26,31). The molecular formula is C25H27N5O2. The van der Waals surface area contributed by atoms with Gasteiger partial charge in [-0.15, -0.1) is 0 Å². The normalized spacial score (nSPS) is 11.8. The highest BCUT2D eigenvalue weighted by Gasteiger charge is 2.17. The Balaban J connectivity index is 1.33. The van der Waals surface area contributed by atoms with Crippen LogP contribution < -0.4 is 10.1 Å². The highest BCUT2D eigenvalue weighted by Crippen LogP contribution is 2.22. The second-order valence-corrected chi connectivity index (χ2v) is 7.62. The van der Waals surface area contributed by atoms with Gasteiger partial charge < -0.3 is 10.1 Å². The average Bonchev–Trinajstić information content (AvgIpc) is 3.45. The third-order valence-electron chi connectivity index (χ3n) is 5.32. The summed E-state index contributed by atoms with van der Waals surface area (Å²) < 4.78 is 9.28. The molecule has 0 bridgehead atoms. The highest BCUT2D eigenvalue weighted by molar-refractivity contribution is 5.92. The van der Waals surface area contributed by atoms with Crippen LogP contribution in [0.15, 0.2) is 73.1 Å². The lowest BCUT2D eigenvalue weighted by Gasteiger charge is -2.12. The van der Waals surface area contributed by atoms with Crippen LogP contribution in [0.1, 0.15) is 41.6 Å². The maximum atomic E-state index is 12.6. The first-order chi connectivity index (χ1) is 15.5. The predicted molar refractivity (Wildman–Crippen MR) is 123 cm³/mol. The fourth-order valence-electron chi connectivity index (χ4n) is 3.54. The maximum absolute atomic E-state index is 12.6. The largest absolute Gasteiger partial charge is 0.471 e. The van der Waals surface area contributed by atoms with Gasteiger partial charge in [0.25, 0.3) is 5.91 Å². The number of nitrogens with one attached hydrogen (secondary N) is 1. The lowest BCUT2D eigenvalue weighted by atomic mass is 10.1. The van der Waals surface area contributed by atoms with Crippen molar-refractivity contribution in [3.63, 3.8) is 0 Å². The first-order valence-electron chi connectivity index (χ1n) is 10.7. The molecule has 2 heterocycles. The number of aryl methyl sites for hydroxylation is 2. The van der Waals surface area contributed by atoms with Crippen LogP contribution in [-0.4, -0.2) is 25.5 Å². The summed E-state index contributed by atoms with van der Waals surface area (Å²) in [5.74, 6) is 0.510. The highest BCUT2D eigenvalue weighted by atomic mass is 16.5. The van der Waals surface area contributed by atoms with Gasteiger partial charge in [0.2, 0.25) is 0 Å². The van der Waals surface area contributed by atoms with Crippen LogP contribution in [0.4, 0.5) is 0 Å². The third-order valence-corrected chi connectivity index (χ3v) is 5.32. The number of amides is 1. The first-order valence-corrected chi connectivity index (χ1v) is 10.7. The number of nitrogens with zero attached hydrogens (tertiary/aromatic N) is 4. The number of hydrogen-bond acceptors (Lipinski definition) is 4. The van der Waals surface area contributed by atoms with E-state index < -0.39 is 0 Å². The number of carbonyl (C=O) groups is 1. The molecule has 0 spiro atoms. The van der Waals surface area contributed by atoms with Crippen molar-refractivity contribution < 1.29 is 9.53 Å². The summed E-state index contributed by atoms with van der Waals surface area (Å²) in [6.45, 7) is 6.94. The summed E-state index contributed by atoms with van der Waals surface area (Å²) >= 11 is 0. The van der Waals surface area contributed by atoms with Gasteiger partial charge in [0, 0.05) is 24.5 Å². The van der Waals surface area contributed by atoms with Gasteiger partial charge in [-0.2, -0.15) is 10.2 Å². The molecule has 1 amide bonds. The molecule has 0 fully saturated rings. The average molecular weight is 430 g/mol. The summed E-state index contributed by atoms with van der Waals surface area (Å²) in [5.41, 5.74) is 4.55. The van der Waals surface area contributed by atoms with E-state index in [0.717, 1.165) is 34.7 Å². The molecule has 1 unspecified atom stereocenters. The first kappa shape index (κ1) is 21.4. The van der Waals surface area contributed by atoms with Gasteiger partial charge in [-0.1, -0.05) is 42.5 Å². The molecule has 32 heavy (non-hydrogen) atoms. The molecule has 7 nitrogen and oxygen atoms in total. The minimum Gasteiger partial charge on any atom is -0.471 e. The SMILES string of the molecule is CCn1cc(C(C)NC(=O)c2ccn(COc3ccc(-c4ccccc4)cc3)n2)c(C)n1. The van der Waals surface area contributed by atoms with Crippen LogP contribution in [0.5, 0.6) is 5.75 Å². The van der Waals surface area contributed by atoms with Crippen molar-refractivity contribution in [1.82, 2.24) is 24.9 Å². The Morgan fingerprint density at radius 1 is 1.00 bits per heavy atom. The summed E-state index contributed by atoms with van der Waals surface area (Å²) in [4.78, 5) is 12.6. The van der Waals surface area contributed by atoms with E-state index in [0.29, 0.717) is 5.69 Å². The fraction of sp³-hybridized carbons (Fsp3) is 0.240. The number of hydrogen-bond donors (Lipinski definition) is 1. The van der Waals surface area contributed by atoms with Gasteiger partial charge in [-0.25, -0.2) is 4.68 Å². The van der Waals surface area contributed by atoms with E-state index in [1.807, 2.05) is 74.1 Å². The van der Waals surface area contributed by atoms with Gasteiger partial charge in [0.1, 0.15) is 11.4 Å². The Morgan fingerprint density at radius 2 is 1.72 bits per heavy atom. The summed E-state index contributed by atoms with van der Waals surface area (Å²) in [7, 11) is 0. The fourth-order valence-corrected chi connectivity index (χ4v) is 3.54. The molecule has 0 aliphatic heterocycles. The number of benzene rings is 2. The number of aromatic nitrogens is 4. The van der Waals surface area contributed by atoms with E-state index in [-0.39, 0.29) is 18.7 Å². The Morgan fingerprint density at radius 3 is 2.41 bits per heavy atom. The van der Waals surface area contributed by atoms with Crippen LogP contribution in [0.2, 0.25) is 0 Å². The maximum Gasteiger partial charge on any atom is 0.272 e. The van der Waals surface area contributed by atoms with Crippen LogP contribution in [0, 0.1) is 6.92 Å². The molecule has 4 rings (SSSR count). The van der Waals surface area contributed by atoms with Gasteiger partial charge in [-0.3, -0.25) is 9.48 Å². The quantitative estimate of drug-likeness (QED) is 0.444. The second kappa shape index (κ2) is 9.51. The Kier molecular flexibility index (Phi) is 6.35. The lowest BCUT2D eigenvalue weighted by Crippen LogP contribution is -2.27. The summed E-state index contributed by atoms with van der Waals surface area (Å²) in [6.07, 6.45) is 3.70. The minimum absolute atomic E-state index is 0.160. The number of ether oxygens (including phenoxy) is 1. The Bertz CT molecular complexity index is 1180. The van der Waals surface area contributed by atoms with Crippen LogP contribution in [0.3, 0.4) is 0 Å². The van der Waals surface area contributed by atoms with Gasteiger partial charge in [-0.05, 0) is 50.1 Å². The Hall–Kier alpha value is -3.87. The van der Waals surface area contributed by atoms with Gasteiger partial charge in [0.15, 0.2) is 6.73 Å². The van der Waals surface area contributed by atoms with Gasteiger partial charge >= 0.3 is 0 Å². The van der Waals surface area contributed by atoms with Crippen molar-refractivity contribution in [2.45, 2.75) is 40.1 Å². The smallest absolute Gasteiger partial charge is 0.272 e. The summed E-state index contributed by atoms with van der Waals surface area (Å²) in [5, 5.41) is 11.8. The second-order valence-electron chi connectivity index (χ2n) is 7.62. The molecule has 0 saturated heterocycles.